The highest BCUT2D eigenvalue weighted by molar-refractivity contribution is 6.01. The third-order valence-corrected chi connectivity index (χ3v) is 2.49. The van der Waals surface area contributed by atoms with E-state index in [9.17, 15) is 9.59 Å². The van der Waals surface area contributed by atoms with Gasteiger partial charge in [-0.25, -0.2) is 0 Å². The number of carboxylic acids is 1. The number of aliphatic carboxylic acids is 1. The van der Waals surface area contributed by atoms with Crippen molar-refractivity contribution in [2.45, 2.75) is 6.42 Å². The van der Waals surface area contributed by atoms with Gasteiger partial charge in [-0.05, 0) is 35.9 Å². The number of amides is 1. The highest BCUT2D eigenvalue weighted by Crippen LogP contribution is 2.11. The summed E-state index contributed by atoms with van der Waals surface area (Å²) < 4.78 is 5.06. The highest BCUT2D eigenvalue weighted by atomic mass is 16.4. The zero-order chi connectivity index (χ0) is 14.4. The monoisotopic (exact) mass is 271 g/mol. The average molecular weight is 271 g/mol. The van der Waals surface area contributed by atoms with Gasteiger partial charge >= 0.3 is 5.97 Å². The number of anilines is 1. The number of furan rings is 1. The first-order valence-corrected chi connectivity index (χ1v) is 5.97. The van der Waals surface area contributed by atoms with E-state index >= 15 is 0 Å². The van der Waals surface area contributed by atoms with Gasteiger partial charge in [-0.2, -0.15) is 0 Å². The maximum atomic E-state index is 11.7. The lowest BCUT2D eigenvalue weighted by atomic mass is 10.1. The number of carboxylic acid groups (broad SMARTS) is 1. The van der Waals surface area contributed by atoms with Crippen LogP contribution in [0.4, 0.5) is 5.69 Å². The third kappa shape index (κ3) is 4.13. The van der Waals surface area contributed by atoms with E-state index in [1.165, 1.54) is 12.3 Å². The van der Waals surface area contributed by atoms with Crippen molar-refractivity contribution in [3.63, 3.8) is 0 Å². The molecule has 0 unspecified atom stereocenters. The predicted molar refractivity (Wildman–Crippen MR) is 74.2 cm³/mol. The van der Waals surface area contributed by atoms with Crippen LogP contribution in [0.15, 0.2) is 53.2 Å². The summed E-state index contributed by atoms with van der Waals surface area (Å²) in [5.74, 6) is -0.639. The van der Waals surface area contributed by atoms with Gasteiger partial charge in [0.1, 0.15) is 5.76 Å². The van der Waals surface area contributed by atoms with Crippen LogP contribution in [0.5, 0.6) is 0 Å². The van der Waals surface area contributed by atoms with Crippen LogP contribution in [-0.4, -0.2) is 17.0 Å². The largest absolute Gasteiger partial charge is 0.481 e. The zero-order valence-electron chi connectivity index (χ0n) is 10.6. The molecule has 5 nitrogen and oxygen atoms in total. The number of rotatable bonds is 5. The van der Waals surface area contributed by atoms with Gasteiger partial charge in [-0.15, -0.1) is 0 Å². The minimum Gasteiger partial charge on any atom is -0.481 e. The van der Waals surface area contributed by atoms with Crippen LogP contribution >= 0.6 is 0 Å². The molecule has 0 aliphatic rings. The van der Waals surface area contributed by atoms with Crippen molar-refractivity contribution in [1.82, 2.24) is 0 Å². The fraction of sp³-hybridized carbons (Fsp3) is 0.0667. The SMILES string of the molecule is O=C(O)Cc1cccc(NC(=O)C=Cc2ccco2)c1. The Morgan fingerprint density at radius 3 is 2.80 bits per heavy atom. The smallest absolute Gasteiger partial charge is 0.307 e. The van der Waals surface area contributed by atoms with Crippen molar-refractivity contribution in [1.29, 1.82) is 0 Å². The number of benzene rings is 1. The van der Waals surface area contributed by atoms with E-state index < -0.39 is 5.97 Å². The lowest BCUT2D eigenvalue weighted by Crippen LogP contribution is -2.08. The summed E-state index contributed by atoms with van der Waals surface area (Å²) in [4.78, 5) is 22.3. The van der Waals surface area contributed by atoms with Crippen molar-refractivity contribution in [2.75, 3.05) is 5.32 Å². The lowest BCUT2D eigenvalue weighted by Gasteiger charge is -2.04. The van der Waals surface area contributed by atoms with Gasteiger partial charge in [0, 0.05) is 11.8 Å². The Morgan fingerprint density at radius 1 is 1.25 bits per heavy atom. The van der Waals surface area contributed by atoms with Crippen molar-refractivity contribution < 1.29 is 19.1 Å². The van der Waals surface area contributed by atoms with Crippen molar-refractivity contribution >= 4 is 23.6 Å². The molecular weight excluding hydrogens is 258 g/mol. The second kappa shape index (κ2) is 6.38. The first kappa shape index (κ1) is 13.6. The summed E-state index contributed by atoms with van der Waals surface area (Å²) in [5.41, 5.74) is 1.18. The van der Waals surface area contributed by atoms with E-state index in [0.29, 0.717) is 17.0 Å². The number of carbonyl (C=O) groups is 2. The van der Waals surface area contributed by atoms with Gasteiger partial charge in [0.15, 0.2) is 0 Å². The Kier molecular flexibility index (Phi) is 4.34. The maximum absolute atomic E-state index is 11.7. The molecule has 2 N–H and O–H groups in total. The van der Waals surface area contributed by atoms with Crippen LogP contribution in [0.25, 0.3) is 6.08 Å². The molecule has 0 aliphatic carbocycles. The van der Waals surface area contributed by atoms with Crippen LogP contribution in [0.1, 0.15) is 11.3 Å². The summed E-state index contributed by atoms with van der Waals surface area (Å²) in [6, 6.07) is 10.2. The fourth-order valence-electron chi connectivity index (χ4n) is 1.66. The van der Waals surface area contributed by atoms with Crippen LogP contribution in [0.2, 0.25) is 0 Å². The highest BCUT2D eigenvalue weighted by Gasteiger charge is 2.03. The molecule has 0 fully saturated rings. The summed E-state index contributed by atoms with van der Waals surface area (Å²) in [6.07, 6.45) is 4.35. The minimum absolute atomic E-state index is 0.0774. The molecule has 2 aromatic rings. The predicted octanol–water partition coefficient (Wildman–Crippen LogP) is 2.56. The number of carbonyl (C=O) groups excluding carboxylic acids is 1. The minimum atomic E-state index is -0.911. The summed E-state index contributed by atoms with van der Waals surface area (Å²) >= 11 is 0. The number of nitrogens with one attached hydrogen (secondary N) is 1. The normalized spacial score (nSPS) is 10.6. The van der Waals surface area contributed by atoms with E-state index in [1.807, 2.05) is 0 Å². The Hall–Kier alpha value is -2.82. The van der Waals surface area contributed by atoms with E-state index in [1.54, 1.807) is 42.5 Å². The standard InChI is InChI=1S/C15H13NO4/c17-14(7-6-13-5-2-8-20-13)16-12-4-1-3-11(9-12)10-15(18)19/h1-9H,10H2,(H,16,17)(H,18,19). The van der Waals surface area contributed by atoms with Crippen molar-refractivity contribution in [3.8, 4) is 0 Å². The molecule has 20 heavy (non-hydrogen) atoms. The van der Waals surface area contributed by atoms with E-state index in [0.717, 1.165) is 0 Å². The summed E-state index contributed by atoms with van der Waals surface area (Å²) in [6.45, 7) is 0. The molecule has 0 saturated heterocycles. The van der Waals surface area contributed by atoms with E-state index in [2.05, 4.69) is 5.32 Å². The van der Waals surface area contributed by atoms with Crippen LogP contribution in [0.3, 0.4) is 0 Å². The van der Waals surface area contributed by atoms with Crippen molar-refractivity contribution in [2.24, 2.45) is 0 Å². The Bertz CT molecular complexity index is 629. The number of hydrogen-bond donors (Lipinski definition) is 2. The van der Waals surface area contributed by atoms with Gasteiger partial charge in [0.05, 0.1) is 12.7 Å². The topological polar surface area (TPSA) is 79.5 Å². The molecule has 0 bridgehead atoms. The lowest BCUT2D eigenvalue weighted by molar-refractivity contribution is -0.136. The van der Waals surface area contributed by atoms with Gasteiger partial charge in [0.2, 0.25) is 5.91 Å². The molecule has 0 radical (unpaired) electrons. The maximum Gasteiger partial charge on any atom is 0.307 e. The molecule has 1 aromatic carbocycles. The average Bonchev–Trinajstić information content (AvgIpc) is 2.89. The van der Waals surface area contributed by atoms with Gasteiger partial charge in [-0.3, -0.25) is 9.59 Å². The molecule has 0 spiro atoms. The molecule has 1 amide bonds. The van der Waals surface area contributed by atoms with Crippen LogP contribution < -0.4 is 5.32 Å². The molecule has 1 aromatic heterocycles. The molecule has 102 valence electrons. The molecule has 5 heteroatoms. The summed E-state index contributed by atoms with van der Waals surface area (Å²) in [5, 5.41) is 11.4. The molecule has 0 saturated carbocycles. The molecule has 2 rings (SSSR count). The van der Waals surface area contributed by atoms with Crippen LogP contribution in [-0.2, 0) is 16.0 Å². The quantitative estimate of drug-likeness (QED) is 0.819. The van der Waals surface area contributed by atoms with Gasteiger partial charge in [-0.1, -0.05) is 12.1 Å². The zero-order valence-corrected chi connectivity index (χ0v) is 10.6. The molecule has 0 atom stereocenters. The van der Waals surface area contributed by atoms with Crippen LogP contribution in [0, 0.1) is 0 Å². The number of hydrogen-bond acceptors (Lipinski definition) is 3. The molecular formula is C15H13NO4. The van der Waals surface area contributed by atoms with Crippen molar-refractivity contribution in [3.05, 3.63) is 60.1 Å². The first-order valence-electron chi connectivity index (χ1n) is 5.97. The Morgan fingerprint density at radius 2 is 2.10 bits per heavy atom. The third-order valence-electron chi connectivity index (χ3n) is 2.49. The Balaban J connectivity index is 1.99. The van der Waals surface area contributed by atoms with E-state index in [4.69, 9.17) is 9.52 Å². The first-order chi connectivity index (χ1) is 9.63. The Labute approximate surface area is 115 Å². The second-order valence-corrected chi connectivity index (χ2v) is 4.11. The van der Waals surface area contributed by atoms with Gasteiger partial charge < -0.3 is 14.8 Å². The second-order valence-electron chi connectivity index (χ2n) is 4.11. The van der Waals surface area contributed by atoms with E-state index in [-0.39, 0.29) is 12.3 Å². The molecule has 1 heterocycles. The fourth-order valence-corrected chi connectivity index (χ4v) is 1.66. The summed E-state index contributed by atoms with van der Waals surface area (Å²) in [7, 11) is 0. The molecule has 0 aliphatic heterocycles. The van der Waals surface area contributed by atoms with Gasteiger partial charge in [0.25, 0.3) is 0 Å².